The van der Waals surface area contributed by atoms with Crippen molar-refractivity contribution in [2.75, 3.05) is 11.9 Å². The third kappa shape index (κ3) is 4.98. The fraction of sp³-hybridized carbons (Fsp3) is 0.118. The average molecular weight is 350 g/mol. The molecule has 0 spiro atoms. The standard InChI is InChI=1S/C17H17F3N4O/c18-17(19,20)12-5-7-13(8-6-12)23-16-4-2-1-3-14(16)15(21)11-24(22)9-10-25/h1-8,10-11,23H,9,21-22H2/b15-11-. The first-order valence-corrected chi connectivity index (χ1v) is 7.27. The SMILES string of the molecule is N/C(=C\N(N)CC=O)c1ccccc1Nc1ccc(C(F)(F)F)cc1. The maximum absolute atomic E-state index is 12.6. The number of hydrogen-bond acceptors (Lipinski definition) is 5. The van der Waals surface area contributed by atoms with Crippen molar-refractivity contribution in [3.05, 3.63) is 65.9 Å². The van der Waals surface area contributed by atoms with Crippen LogP contribution >= 0.6 is 0 Å². The lowest BCUT2D eigenvalue weighted by molar-refractivity contribution is -0.137. The normalized spacial score (nSPS) is 11.9. The van der Waals surface area contributed by atoms with E-state index in [9.17, 15) is 18.0 Å². The summed E-state index contributed by atoms with van der Waals surface area (Å²) in [5.74, 6) is 5.60. The van der Waals surface area contributed by atoms with Gasteiger partial charge in [-0.1, -0.05) is 18.2 Å². The van der Waals surface area contributed by atoms with Gasteiger partial charge in [-0.15, -0.1) is 0 Å². The summed E-state index contributed by atoms with van der Waals surface area (Å²) in [7, 11) is 0. The molecule has 5 N–H and O–H groups in total. The van der Waals surface area contributed by atoms with Crippen LogP contribution in [0.2, 0.25) is 0 Å². The molecule has 0 unspecified atom stereocenters. The van der Waals surface area contributed by atoms with Crippen LogP contribution in [0.15, 0.2) is 54.7 Å². The number of hydrogen-bond donors (Lipinski definition) is 3. The van der Waals surface area contributed by atoms with E-state index >= 15 is 0 Å². The number of aldehydes is 1. The summed E-state index contributed by atoms with van der Waals surface area (Å²) >= 11 is 0. The predicted octanol–water partition coefficient (Wildman–Crippen LogP) is 3.08. The highest BCUT2D eigenvalue weighted by Crippen LogP contribution is 2.31. The van der Waals surface area contributed by atoms with Crippen molar-refractivity contribution in [1.29, 1.82) is 0 Å². The molecular formula is C17H17F3N4O. The summed E-state index contributed by atoms with van der Waals surface area (Å²) in [5, 5.41) is 4.16. The van der Waals surface area contributed by atoms with E-state index in [1.165, 1.54) is 18.3 Å². The number of nitrogens with one attached hydrogen (secondary N) is 1. The van der Waals surface area contributed by atoms with Crippen molar-refractivity contribution in [2.45, 2.75) is 6.18 Å². The Hall–Kier alpha value is -3.00. The molecule has 5 nitrogen and oxygen atoms in total. The van der Waals surface area contributed by atoms with Gasteiger partial charge in [0.25, 0.3) is 0 Å². The van der Waals surface area contributed by atoms with Gasteiger partial charge in [-0.25, -0.2) is 5.84 Å². The highest BCUT2D eigenvalue weighted by Gasteiger charge is 2.29. The number of alkyl halides is 3. The highest BCUT2D eigenvalue weighted by atomic mass is 19.4. The number of anilines is 2. The Balaban J connectivity index is 2.25. The molecule has 0 bridgehead atoms. The Kier molecular flexibility index (Phi) is 5.66. The van der Waals surface area contributed by atoms with Crippen LogP contribution < -0.4 is 16.9 Å². The molecule has 2 rings (SSSR count). The largest absolute Gasteiger partial charge is 0.416 e. The number of nitrogens with two attached hydrogens (primary N) is 2. The van der Waals surface area contributed by atoms with Crippen molar-refractivity contribution < 1.29 is 18.0 Å². The van der Waals surface area contributed by atoms with E-state index in [1.54, 1.807) is 24.3 Å². The molecule has 0 aliphatic rings. The van der Waals surface area contributed by atoms with Crippen LogP contribution in [-0.4, -0.2) is 17.8 Å². The van der Waals surface area contributed by atoms with E-state index in [0.717, 1.165) is 17.1 Å². The van der Waals surface area contributed by atoms with Crippen molar-refractivity contribution in [1.82, 2.24) is 5.01 Å². The molecule has 0 aliphatic heterocycles. The molecule has 0 radical (unpaired) electrons. The van der Waals surface area contributed by atoms with Gasteiger partial charge in [0, 0.05) is 23.1 Å². The van der Waals surface area contributed by atoms with Gasteiger partial charge in [-0.2, -0.15) is 13.2 Å². The molecule has 132 valence electrons. The van der Waals surface area contributed by atoms with E-state index in [4.69, 9.17) is 11.6 Å². The summed E-state index contributed by atoms with van der Waals surface area (Å²) in [6, 6.07) is 11.6. The third-order valence-electron chi connectivity index (χ3n) is 3.32. The topological polar surface area (TPSA) is 84.4 Å². The van der Waals surface area contributed by atoms with Crippen molar-refractivity contribution in [3.8, 4) is 0 Å². The smallest absolute Gasteiger partial charge is 0.397 e. The monoisotopic (exact) mass is 350 g/mol. The number of rotatable bonds is 6. The summed E-state index contributed by atoms with van der Waals surface area (Å²) in [5.41, 5.74) is 7.25. The van der Waals surface area contributed by atoms with Crippen LogP contribution in [0.3, 0.4) is 0 Å². The van der Waals surface area contributed by atoms with Crippen LogP contribution in [0.5, 0.6) is 0 Å². The molecule has 0 amide bonds. The third-order valence-corrected chi connectivity index (χ3v) is 3.32. The number of carbonyl (C=O) groups excluding carboxylic acids is 1. The summed E-state index contributed by atoms with van der Waals surface area (Å²) in [4.78, 5) is 10.5. The van der Waals surface area contributed by atoms with Gasteiger partial charge in [0.05, 0.1) is 17.8 Å². The van der Waals surface area contributed by atoms with Crippen molar-refractivity contribution in [3.63, 3.8) is 0 Å². The second kappa shape index (κ2) is 7.71. The Labute approximate surface area is 142 Å². The number of hydrazine groups is 1. The van der Waals surface area contributed by atoms with E-state index < -0.39 is 11.7 Å². The molecule has 2 aromatic carbocycles. The van der Waals surface area contributed by atoms with E-state index in [2.05, 4.69) is 5.32 Å². The fourth-order valence-electron chi connectivity index (χ4n) is 2.13. The molecule has 0 fully saturated rings. The fourth-order valence-corrected chi connectivity index (χ4v) is 2.13. The molecule has 0 saturated heterocycles. The van der Waals surface area contributed by atoms with E-state index in [0.29, 0.717) is 28.9 Å². The Morgan fingerprint density at radius 3 is 2.36 bits per heavy atom. The van der Waals surface area contributed by atoms with E-state index in [-0.39, 0.29) is 6.54 Å². The lowest BCUT2D eigenvalue weighted by atomic mass is 10.1. The highest BCUT2D eigenvalue weighted by molar-refractivity contribution is 5.77. The quantitative estimate of drug-likeness (QED) is 0.424. The van der Waals surface area contributed by atoms with Crippen molar-refractivity contribution in [2.24, 2.45) is 11.6 Å². The van der Waals surface area contributed by atoms with Gasteiger partial charge in [0.15, 0.2) is 0 Å². The second-order valence-electron chi connectivity index (χ2n) is 5.19. The molecule has 0 aromatic heterocycles. The van der Waals surface area contributed by atoms with E-state index in [1.807, 2.05) is 0 Å². The predicted molar refractivity (Wildman–Crippen MR) is 90.3 cm³/mol. The summed E-state index contributed by atoms with van der Waals surface area (Å²) in [6.45, 7) is -0.0187. The summed E-state index contributed by atoms with van der Waals surface area (Å²) in [6.07, 6.45) is -2.34. The molecule has 0 aliphatic carbocycles. The number of halogens is 3. The first-order chi connectivity index (χ1) is 11.8. The van der Waals surface area contributed by atoms with Gasteiger partial charge in [0.2, 0.25) is 0 Å². The van der Waals surface area contributed by atoms with Crippen LogP contribution in [0, 0.1) is 0 Å². The molecule has 2 aromatic rings. The Bertz CT molecular complexity index is 757. The number of carbonyl (C=O) groups is 1. The molecule has 0 atom stereocenters. The number of nitrogens with zero attached hydrogens (tertiary/aromatic N) is 1. The van der Waals surface area contributed by atoms with Crippen LogP contribution in [0.1, 0.15) is 11.1 Å². The minimum absolute atomic E-state index is 0.0187. The van der Waals surface area contributed by atoms with Gasteiger partial charge >= 0.3 is 6.18 Å². The average Bonchev–Trinajstić information content (AvgIpc) is 2.55. The Morgan fingerprint density at radius 1 is 1.12 bits per heavy atom. The molecule has 0 heterocycles. The lowest BCUT2D eigenvalue weighted by Crippen LogP contribution is -2.28. The lowest BCUT2D eigenvalue weighted by Gasteiger charge is -2.15. The number of para-hydroxylation sites is 1. The van der Waals surface area contributed by atoms with Crippen molar-refractivity contribution >= 4 is 23.4 Å². The number of benzene rings is 2. The molecule has 0 saturated carbocycles. The zero-order valence-electron chi connectivity index (χ0n) is 13.1. The van der Waals surface area contributed by atoms with Crippen LogP contribution in [0.25, 0.3) is 5.70 Å². The summed E-state index contributed by atoms with van der Waals surface area (Å²) < 4.78 is 37.8. The van der Waals surface area contributed by atoms with Gasteiger partial charge in [-0.05, 0) is 30.3 Å². The second-order valence-corrected chi connectivity index (χ2v) is 5.19. The molecule has 25 heavy (non-hydrogen) atoms. The van der Waals surface area contributed by atoms with Crippen LogP contribution in [-0.2, 0) is 11.0 Å². The molecular weight excluding hydrogens is 333 g/mol. The minimum Gasteiger partial charge on any atom is -0.397 e. The van der Waals surface area contributed by atoms with Gasteiger partial charge in [0.1, 0.15) is 6.29 Å². The zero-order valence-corrected chi connectivity index (χ0v) is 13.1. The molecule has 8 heteroatoms. The first-order valence-electron chi connectivity index (χ1n) is 7.27. The minimum atomic E-state index is -4.38. The Morgan fingerprint density at radius 2 is 1.76 bits per heavy atom. The van der Waals surface area contributed by atoms with Crippen LogP contribution in [0.4, 0.5) is 24.5 Å². The van der Waals surface area contributed by atoms with Gasteiger partial charge < -0.3 is 20.9 Å². The maximum Gasteiger partial charge on any atom is 0.416 e. The first kappa shape index (κ1) is 18.3. The van der Waals surface area contributed by atoms with Gasteiger partial charge in [-0.3, -0.25) is 0 Å². The maximum atomic E-state index is 12.6. The zero-order chi connectivity index (χ0) is 18.4.